The number of nitrogens with zero attached hydrogens (tertiary/aromatic N) is 2. The highest BCUT2D eigenvalue weighted by Gasteiger charge is 2.38. The minimum Gasteiger partial charge on any atom is -0.340 e. The van der Waals surface area contributed by atoms with Crippen LogP contribution >= 0.6 is 11.3 Å². The first-order chi connectivity index (χ1) is 10.3. The molecule has 0 spiro atoms. The number of rotatable bonds is 4. The lowest BCUT2D eigenvalue weighted by atomic mass is 9.95. The standard InChI is InChI=1S/C17H24N2OS/c20-17(8-16-2-1-7-21-16)19-11-14-5-6-15(12-19)18(10-14)9-13-3-4-13/h1-2,7,13-15H,3-6,8-12H2. The van der Waals surface area contributed by atoms with E-state index in [-0.39, 0.29) is 0 Å². The van der Waals surface area contributed by atoms with Gasteiger partial charge >= 0.3 is 0 Å². The van der Waals surface area contributed by atoms with Crippen molar-refractivity contribution in [2.24, 2.45) is 11.8 Å². The van der Waals surface area contributed by atoms with Crippen LogP contribution in [-0.4, -0.2) is 47.9 Å². The van der Waals surface area contributed by atoms with Crippen molar-refractivity contribution in [3.8, 4) is 0 Å². The molecule has 4 heterocycles. The van der Waals surface area contributed by atoms with Crippen LogP contribution in [0.4, 0.5) is 0 Å². The summed E-state index contributed by atoms with van der Waals surface area (Å²) in [5.41, 5.74) is 0. The van der Waals surface area contributed by atoms with Crippen LogP contribution in [0.3, 0.4) is 0 Å². The highest BCUT2D eigenvalue weighted by molar-refractivity contribution is 7.10. The summed E-state index contributed by atoms with van der Waals surface area (Å²) in [6.45, 7) is 4.47. The molecule has 2 bridgehead atoms. The molecule has 21 heavy (non-hydrogen) atoms. The van der Waals surface area contributed by atoms with Gasteiger partial charge in [-0.05, 0) is 49.0 Å². The number of piperidine rings is 1. The Kier molecular flexibility index (Phi) is 3.76. The highest BCUT2D eigenvalue weighted by atomic mass is 32.1. The number of hydrogen-bond donors (Lipinski definition) is 0. The highest BCUT2D eigenvalue weighted by Crippen LogP contribution is 2.35. The van der Waals surface area contributed by atoms with Crippen LogP contribution in [0.5, 0.6) is 0 Å². The minimum absolute atomic E-state index is 0.336. The van der Waals surface area contributed by atoms with Gasteiger partial charge in [0.15, 0.2) is 0 Å². The first kappa shape index (κ1) is 13.8. The molecule has 5 rings (SSSR count). The Morgan fingerprint density at radius 2 is 2.10 bits per heavy atom. The molecule has 0 N–H and O–H groups in total. The van der Waals surface area contributed by atoms with E-state index < -0.39 is 0 Å². The monoisotopic (exact) mass is 304 g/mol. The first-order valence-corrected chi connectivity index (χ1v) is 9.20. The predicted molar refractivity (Wildman–Crippen MR) is 85.4 cm³/mol. The van der Waals surface area contributed by atoms with E-state index in [0.717, 1.165) is 19.0 Å². The number of carbonyl (C=O) groups excluding carboxylic acids is 1. The number of hydrogen-bond acceptors (Lipinski definition) is 3. The largest absolute Gasteiger partial charge is 0.340 e. The maximum absolute atomic E-state index is 12.6. The Hall–Kier alpha value is -0.870. The second kappa shape index (κ2) is 5.73. The lowest BCUT2D eigenvalue weighted by Gasteiger charge is -2.36. The van der Waals surface area contributed by atoms with Gasteiger partial charge in [0.25, 0.3) is 0 Å². The van der Waals surface area contributed by atoms with Gasteiger partial charge in [0.2, 0.25) is 5.91 Å². The fourth-order valence-corrected chi connectivity index (χ4v) is 4.61. The molecular weight excluding hydrogens is 280 g/mol. The van der Waals surface area contributed by atoms with Crippen LogP contribution in [-0.2, 0) is 11.2 Å². The van der Waals surface area contributed by atoms with Gasteiger partial charge in [0.1, 0.15) is 0 Å². The maximum atomic E-state index is 12.6. The number of thiophene rings is 1. The SMILES string of the molecule is O=C(Cc1cccs1)N1CC2CCC(C1)N(CC1CC1)C2. The second-order valence-electron chi connectivity index (χ2n) is 7.05. The quantitative estimate of drug-likeness (QED) is 0.854. The molecule has 1 aromatic rings. The van der Waals surface area contributed by atoms with E-state index in [0.29, 0.717) is 24.3 Å². The average molecular weight is 304 g/mol. The molecule has 4 fully saturated rings. The average Bonchev–Trinajstić information content (AvgIpc) is 3.22. The smallest absolute Gasteiger partial charge is 0.227 e. The lowest BCUT2D eigenvalue weighted by Crippen LogP contribution is -2.45. The summed E-state index contributed by atoms with van der Waals surface area (Å²) in [4.78, 5) is 18.7. The zero-order chi connectivity index (χ0) is 14.2. The van der Waals surface area contributed by atoms with Crippen molar-refractivity contribution >= 4 is 17.2 Å². The molecule has 0 aromatic carbocycles. The van der Waals surface area contributed by atoms with Crippen molar-refractivity contribution in [1.82, 2.24) is 9.80 Å². The van der Waals surface area contributed by atoms with E-state index in [1.807, 2.05) is 6.07 Å². The first-order valence-electron chi connectivity index (χ1n) is 8.32. The van der Waals surface area contributed by atoms with Crippen molar-refractivity contribution in [1.29, 1.82) is 0 Å². The summed E-state index contributed by atoms with van der Waals surface area (Å²) in [7, 11) is 0. The second-order valence-corrected chi connectivity index (χ2v) is 8.08. The molecule has 3 nitrogen and oxygen atoms in total. The predicted octanol–water partition coefficient (Wildman–Crippen LogP) is 2.62. The summed E-state index contributed by atoms with van der Waals surface area (Å²) >= 11 is 1.70. The zero-order valence-corrected chi connectivity index (χ0v) is 13.4. The van der Waals surface area contributed by atoms with Crippen molar-refractivity contribution in [2.45, 2.75) is 38.1 Å². The van der Waals surface area contributed by atoms with Crippen LogP contribution in [0, 0.1) is 11.8 Å². The molecule has 1 aromatic heterocycles. The number of carbonyl (C=O) groups is 1. The Morgan fingerprint density at radius 1 is 1.19 bits per heavy atom. The number of amides is 1. The third kappa shape index (κ3) is 3.16. The molecule has 3 aliphatic heterocycles. The molecule has 1 amide bonds. The van der Waals surface area contributed by atoms with Crippen LogP contribution < -0.4 is 0 Å². The van der Waals surface area contributed by atoms with Crippen molar-refractivity contribution in [3.63, 3.8) is 0 Å². The zero-order valence-electron chi connectivity index (χ0n) is 12.5. The Balaban J connectivity index is 1.41. The molecule has 4 aliphatic rings. The van der Waals surface area contributed by atoms with Gasteiger partial charge in [0.05, 0.1) is 6.42 Å². The molecular formula is C17H24N2OS. The van der Waals surface area contributed by atoms with Gasteiger partial charge in [-0.3, -0.25) is 9.69 Å². The fourth-order valence-electron chi connectivity index (χ4n) is 3.91. The van der Waals surface area contributed by atoms with Crippen LogP contribution in [0.2, 0.25) is 0 Å². The molecule has 3 saturated heterocycles. The fraction of sp³-hybridized carbons (Fsp3) is 0.706. The summed E-state index contributed by atoms with van der Waals surface area (Å²) in [5.74, 6) is 2.00. The van der Waals surface area contributed by atoms with Gasteiger partial charge in [-0.15, -0.1) is 11.3 Å². The maximum Gasteiger partial charge on any atom is 0.227 e. The van der Waals surface area contributed by atoms with Crippen molar-refractivity contribution < 1.29 is 4.79 Å². The Bertz CT molecular complexity index is 497. The van der Waals surface area contributed by atoms with Crippen LogP contribution in [0.25, 0.3) is 0 Å². The molecule has 1 saturated carbocycles. The van der Waals surface area contributed by atoms with E-state index in [1.165, 1.54) is 43.6 Å². The van der Waals surface area contributed by atoms with E-state index in [4.69, 9.17) is 0 Å². The van der Waals surface area contributed by atoms with E-state index in [9.17, 15) is 4.79 Å². The third-order valence-corrected chi connectivity index (χ3v) is 6.15. The Morgan fingerprint density at radius 3 is 2.86 bits per heavy atom. The molecule has 114 valence electrons. The van der Waals surface area contributed by atoms with Gasteiger partial charge in [-0.2, -0.15) is 0 Å². The third-order valence-electron chi connectivity index (χ3n) is 5.27. The summed E-state index contributed by atoms with van der Waals surface area (Å²) in [6.07, 6.45) is 6.05. The van der Waals surface area contributed by atoms with Crippen molar-refractivity contribution in [2.75, 3.05) is 26.2 Å². The van der Waals surface area contributed by atoms with E-state index in [1.54, 1.807) is 11.3 Å². The molecule has 2 unspecified atom stereocenters. The normalized spacial score (nSPS) is 29.6. The summed E-state index contributed by atoms with van der Waals surface area (Å²) in [5, 5.41) is 2.06. The summed E-state index contributed by atoms with van der Waals surface area (Å²) < 4.78 is 0. The van der Waals surface area contributed by atoms with Gasteiger partial charge in [0, 0.05) is 37.1 Å². The Labute approximate surface area is 130 Å². The molecule has 1 aliphatic carbocycles. The van der Waals surface area contributed by atoms with Gasteiger partial charge < -0.3 is 4.90 Å². The van der Waals surface area contributed by atoms with Crippen LogP contribution in [0.1, 0.15) is 30.6 Å². The lowest BCUT2D eigenvalue weighted by molar-refractivity contribution is -0.130. The number of fused-ring (bicyclic) bond motifs is 4. The van der Waals surface area contributed by atoms with E-state index >= 15 is 0 Å². The topological polar surface area (TPSA) is 23.6 Å². The summed E-state index contributed by atoms with van der Waals surface area (Å²) in [6, 6.07) is 4.74. The molecule has 2 atom stereocenters. The van der Waals surface area contributed by atoms with Crippen molar-refractivity contribution in [3.05, 3.63) is 22.4 Å². The van der Waals surface area contributed by atoms with Gasteiger partial charge in [-0.25, -0.2) is 0 Å². The molecule has 4 heteroatoms. The van der Waals surface area contributed by atoms with E-state index in [2.05, 4.69) is 21.2 Å². The molecule has 0 radical (unpaired) electrons. The van der Waals surface area contributed by atoms with Crippen LogP contribution in [0.15, 0.2) is 17.5 Å². The van der Waals surface area contributed by atoms with Gasteiger partial charge in [-0.1, -0.05) is 6.07 Å². The minimum atomic E-state index is 0.336.